The highest BCUT2D eigenvalue weighted by Crippen LogP contribution is 2.32. The van der Waals surface area contributed by atoms with Crippen molar-refractivity contribution in [2.45, 2.75) is 4.90 Å². The number of Topliss-reactive ketones (excluding diaryl/α,β-unsaturated/α-hetero) is 2. The molecule has 1 atom stereocenters. The fourth-order valence-electron chi connectivity index (χ4n) is 2.20. The van der Waals surface area contributed by atoms with Crippen molar-refractivity contribution in [2.75, 3.05) is 27.1 Å². The Balaban J connectivity index is 2.56. The van der Waals surface area contributed by atoms with E-state index in [9.17, 15) is 18.9 Å². The van der Waals surface area contributed by atoms with Gasteiger partial charge in [0.15, 0.2) is 4.90 Å². The minimum atomic E-state index is -1.84. The van der Waals surface area contributed by atoms with Crippen LogP contribution in [0.5, 0.6) is 0 Å². The smallest absolute Gasteiger partial charge is 0.356 e. The number of hydrogen-bond acceptors (Lipinski definition) is 7. The van der Waals surface area contributed by atoms with Gasteiger partial charge in [-0.2, -0.15) is 0 Å². The Kier molecular flexibility index (Phi) is 5.07. The summed E-state index contributed by atoms with van der Waals surface area (Å²) in [4.78, 5) is 36.4. The number of rotatable bonds is 5. The molecule has 0 bridgehead atoms. The van der Waals surface area contributed by atoms with Crippen LogP contribution in [0.15, 0.2) is 34.6 Å². The summed E-state index contributed by atoms with van der Waals surface area (Å²) in [5.41, 5.74) is 0.0146. The number of methoxy groups -OCH3 is 3. The molecule has 0 fully saturated rings. The highest BCUT2D eigenvalue weighted by molar-refractivity contribution is 7.92. The molecule has 8 heteroatoms. The topological polar surface area (TPSA) is 102 Å². The molecule has 0 saturated carbocycles. The number of esters is 1. The number of hydrogen-bond donors (Lipinski definition) is 0. The minimum Gasteiger partial charge on any atom is -0.611 e. The van der Waals surface area contributed by atoms with Crippen LogP contribution in [0.3, 0.4) is 0 Å². The van der Waals surface area contributed by atoms with Gasteiger partial charge in [-0.1, -0.05) is 6.07 Å². The number of fused-ring (bicyclic) bond motifs is 1. The molecular weight excluding hydrogens is 324 g/mol. The van der Waals surface area contributed by atoms with Crippen LogP contribution in [0.25, 0.3) is 0 Å². The summed E-state index contributed by atoms with van der Waals surface area (Å²) in [7, 11) is 3.66. The molecule has 1 aromatic rings. The molecule has 1 unspecified atom stereocenters. The van der Waals surface area contributed by atoms with Crippen molar-refractivity contribution in [1.29, 1.82) is 0 Å². The zero-order valence-corrected chi connectivity index (χ0v) is 13.5. The number of carbonyl (C=O) groups excluding carboxylic acids is 3. The van der Waals surface area contributed by atoms with Crippen molar-refractivity contribution in [3.63, 3.8) is 0 Å². The summed E-state index contributed by atoms with van der Waals surface area (Å²) in [6, 6.07) is 4.34. The molecule has 7 nitrogen and oxygen atoms in total. The lowest BCUT2D eigenvalue weighted by Crippen LogP contribution is -2.27. The Morgan fingerprint density at radius 2 is 1.70 bits per heavy atom. The molecule has 0 radical (unpaired) electrons. The Bertz CT molecular complexity index is 708. The van der Waals surface area contributed by atoms with Gasteiger partial charge in [-0.25, -0.2) is 4.79 Å². The average Bonchev–Trinajstić information content (AvgIpc) is 2.56. The van der Waals surface area contributed by atoms with Crippen LogP contribution in [0.1, 0.15) is 20.7 Å². The fraction of sp³-hybridized carbons (Fsp3) is 0.267. The molecule has 0 aliphatic heterocycles. The Labute approximate surface area is 135 Å². The van der Waals surface area contributed by atoms with E-state index >= 15 is 0 Å². The summed E-state index contributed by atoms with van der Waals surface area (Å²) < 4.78 is 26.7. The predicted molar refractivity (Wildman–Crippen MR) is 79.4 cm³/mol. The molecule has 0 saturated heterocycles. The molecule has 1 aliphatic rings. The zero-order chi connectivity index (χ0) is 17.1. The summed E-state index contributed by atoms with van der Waals surface area (Å²) in [5.74, 6) is -2.73. The lowest BCUT2D eigenvalue weighted by molar-refractivity contribution is -0.137. The lowest BCUT2D eigenvalue weighted by Gasteiger charge is -2.21. The third-order valence-corrected chi connectivity index (χ3v) is 4.58. The maximum absolute atomic E-state index is 12.6. The highest BCUT2D eigenvalue weighted by atomic mass is 32.2. The minimum absolute atomic E-state index is 0.0441. The van der Waals surface area contributed by atoms with Gasteiger partial charge in [0.05, 0.1) is 26.9 Å². The van der Waals surface area contributed by atoms with Crippen LogP contribution in [0.4, 0.5) is 0 Å². The summed E-state index contributed by atoms with van der Waals surface area (Å²) >= 11 is -1.84. The first-order valence-corrected chi connectivity index (χ1v) is 7.78. The van der Waals surface area contributed by atoms with Crippen molar-refractivity contribution in [3.8, 4) is 0 Å². The number of allylic oxidation sites excluding steroid dienone is 2. The van der Waals surface area contributed by atoms with Gasteiger partial charge >= 0.3 is 5.97 Å². The van der Waals surface area contributed by atoms with Gasteiger partial charge in [-0.05, 0) is 23.3 Å². The number of benzene rings is 1. The molecule has 1 aliphatic carbocycles. The number of carbonyl (C=O) groups is 3. The highest BCUT2D eigenvalue weighted by Gasteiger charge is 2.39. The molecular formula is C15H14O7S. The Morgan fingerprint density at radius 1 is 1.09 bits per heavy atom. The Morgan fingerprint density at radius 3 is 2.26 bits per heavy atom. The van der Waals surface area contributed by atoms with E-state index in [4.69, 9.17) is 9.47 Å². The van der Waals surface area contributed by atoms with Gasteiger partial charge in [-0.15, -0.1) is 0 Å². The van der Waals surface area contributed by atoms with Gasteiger partial charge in [-0.3, -0.25) is 9.59 Å². The maximum atomic E-state index is 12.6. The van der Waals surface area contributed by atoms with E-state index in [0.29, 0.717) is 0 Å². The van der Waals surface area contributed by atoms with Crippen LogP contribution >= 0.6 is 0 Å². The maximum Gasteiger partial charge on any atom is 0.356 e. The van der Waals surface area contributed by atoms with E-state index < -0.39 is 34.5 Å². The zero-order valence-electron chi connectivity index (χ0n) is 12.7. The van der Waals surface area contributed by atoms with E-state index in [2.05, 4.69) is 4.74 Å². The van der Waals surface area contributed by atoms with E-state index in [1.54, 1.807) is 0 Å². The molecule has 0 aromatic heterocycles. The van der Waals surface area contributed by atoms with Crippen LogP contribution in [-0.4, -0.2) is 49.2 Å². The van der Waals surface area contributed by atoms with Gasteiger partial charge in [0.2, 0.25) is 28.8 Å². The van der Waals surface area contributed by atoms with Crippen molar-refractivity contribution in [3.05, 3.63) is 40.8 Å². The molecule has 1 aromatic carbocycles. The van der Waals surface area contributed by atoms with Gasteiger partial charge in [0.1, 0.15) is 0 Å². The largest absolute Gasteiger partial charge is 0.611 e. The second-order valence-electron chi connectivity index (χ2n) is 4.47. The van der Waals surface area contributed by atoms with Gasteiger partial charge in [0, 0.05) is 5.56 Å². The normalized spacial score (nSPS) is 15.1. The third-order valence-electron chi connectivity index (χ3n) is 3.25. The summed E-state index contributed by atoms with van der Waals surface area (Å²) in [6.07, 6.45) is 0. The fourth-order valence-corrected chi connectivity index (χ4v) is 3.35. The van der Waals surface area contributed by atoms with Crippen molar-refractivity contribution in [1.82, 2.24) is 0 Å². The first-order chi connectivity index (χ1) is 11.0. The molecule has 122 valence electrons. The number of ether oxygens (including phenoxy) is 3. The van der Waals surface area contributed by atoms with Crippen LogP contribution in [-0.2, 0) is 30.2 Å². The van der Waals surface area contributed by atoms with Crippen LogP contribution in [0, 0.1) is 0 Å². The van der Waals surface area contributed by atoms with E-state index in [-0.39, 0.29) is 27.5 Å². The molecule has 0 spiro atoms. The average molecular weight is 338 g/mol. The van der Waals surface area contributed by atoms with E-state index in [1.165, 1.54) is 39.5 Å². The third kappa shape index (κ3) is 2.95. The van der Waals surface area contributed by atoms with Crippen molar-refractivity contribution in [2.24, 2.45) is 0 Å². The molecule has 23 heavy (non-hydrogen) atoms. The van der Waals surface area contributed by atoms with Crippen molar-refractivity contribution < 1.29 is 33.1 Å². The van der Waals surface area contributed by atoms with Gasteiger partial charge in [0.25, 0.3) is 0 Å². The molecule has 2 rings (SSSR count). The predicted octanol–water partition coefficient (Wildman–Crippen LogP) is 0.851. The molecule has 0 heterocycles. The SMILES string of the molecule is COC(=O)C[S+]([O-])c1cccc2c1C(=O)C(OC)=C(OC)C2=O. The summed E-state index contributed by atoms with van der Waals surface area (Å²) in [5, 5.41) is 0. The van der Waals surface area contributed by atoms with E-state index in [0.717, 1.165) is 0 Å². The first-order valence-electron chi connectivity index (χ1n) is 6.46. The first kappa shape index (κ1) is 17.0. The summed E-state index contributed by atoms with van der Waals surface area (Å²) in [6.45, 7) is 0. The lowest BCUT2D eigenvalue weighted by atomic mass is 9.92. The van der Waals surface area contributed by atoms with E-state index in [1.807, 2.05) is 0 Å². The van der Waals surface area contributed by atoms with Gasteiger partial charge < -0.3 is 18.8 Å². The van der Waals surface area contributed by atoms with Crippen LogP contribution in [0.2, 0.25) is 0 Å². The standard InChI is InChI=1S/C15H14O7S/c1-20-10(16)7-23(19)9-6-4-5-8-11(9)13(18)15(22-3)14(21-2)12(8)17/h4-6H,7H2,1-3H3. The Hall–Kier alpha value is -2.32. The van der Waals surface area contributed by atoms with Crippen LogP contribution < -0.4 is 0 Å². The quantitative estimate of drug-likeness (QED) is 0.579. The van der Waals surface area contributed by atoms with Crippen molar-refractivity contribution >= 4 is 28.7 Å². The number of ketones is 2. The monoisotopic (exact) mass is 338 g/mol. The second-order valence-corrected chi connectivity index (χ2v) is 5.89. The molecule has 0 N–H and O–H groups in total. The molecule has 0 amide bonds. The second kappa shape index (κ2) is 6.84.